The van der Waals surface area contributed by atoms with Crippen molar-refractivity contribution in [3.8, 4) is 0 Å². The van der Waals surface area contributed by atoms with Crippen LogP contribution in [0.5, 0.6) is 0 Å². The molecule has 1 aliphatic heterocycles. The predicted octanol–water partition coefficient (Wildman–Crippen LogP) is 4.33. The lowest BCUT2D eigenvalue weighted by molar-refractivity contribution is -0.209. The van der Waals surface area contributed by atoms with Crippen LogP contribution in [0.1, 0.15) is 26.3 Å². The molecule has 1 aromatic heterocycles. The first kappa shape index (κ1) is 19.9. The fourth-order valence-corrected chi connectivity index (χ4v) is 3.90. The quantitative estimate of drug-likeness (QED) is 0.766. The maximum atomic E-state index is 13.2. The molecular formula is C17H16ClF5N2O2. The third-order valence-corrected chi connectivity index (χ3v) is 5.20. The van der Waals surface area contributed by atoms with E-state index in [1.54, 1.807) is 6.92 Å². The van der Waals surface area contributed by atoms with Crippen LogP contribution < -0.4 is 10.5 Å². The summed E-state index contributed by atoms with van der Waals surface area (Å²) in [5, 5.41) is 9.76. The van der Waals surface area contributed by atoms with Crippen LogP contribution in [-0.4, -0.2) is 34.0 Å². The van der Waals surface area contributed by atoms with Gasteiger partial charge in [-0.05, 0) is 38.0 Å². The molecule has 3 rings (SSSR count). The molecule has 27 heavy (non-hydrogen) atoms. The van der Waals surface area contributed by atoms with Gasteiger partial charge in [0.1, 0.15) is 0 Å². The van der Waals surface area contributed by atoms with Gasteiger partial charge in [0.15, 0.2) is 6.10 Å². The zero-order valence-corrected chi connectivity index (χ0v) is 14.8. The maximum absolute atomic E-state index is 13.2. The average Bonchev–Trinajstić information content (AvgIpc) is 2.94. The number of benzene rings is 1. The molecule has 2 heterocycles. The monoisotopic (exact) mass is 410 g/mol. The van der Waals surface area contributed by atoms with Crippen molar-refractivity contribution >= 4 is 28.2 Å². The van der Waals surface area contributed by atoms with E-state index in [4.69, 9.17) is 11.6 Å². The molecule has 0 bridgehead atoms. The number of alkyl halides is 5. The molecule has 0 aliphatic carbocycles. The molecular weight excluding hydrogens is 395 g/mol. The largest absolute Gasteiger partial charge is 0.416 e. The van der Waals surface area contributed by atoms with Crippen molar-refractivity contribution in [2.75, 3.05) is 4.90 Å². The summed E-state index contributed by atoms with van der Waals surface area (Å²) in [6, 6.07) is 3.30. The number of pyridine rings is 1. The topological polar surface area (TPSA) is 45.5 Å². The number of aliphatic hydroxyl groups excluding tert-OH is 1. The van der Waals surface area contributed by atoms with Gasteiger partial charge in [0.25, 0.3) is 5.56 Å². The second-order valence-corrected chi connectivity index (χ2v) is 6.97. The molecule has 1 fully saturated rings. The van der Waals surface area contributed by atoms with E-state index in [-0.39, 0.29) is 33.0 Å². The minimum atomic E-state index is -4.78. The molecule has 0 amide bonds. The van der Waals surface area contributed by atoms with Crippen molar-refractivity contribution in [3.63, 3.8) is 0 Å². The zero-order valence-electron chi connectivity index (χ0n) is 14.1. The number of fused-ring (bicyclic) bond motifs is 1. The predicted molar refractivity (Wildman–Crippen MR) is 91.5 cm³/mol. The van der Waals surface area contributed by atoms with Gasteiger partial charge in [-0.3, -0.25) is 9.36 Å². The number of nitrogens with zero attached hydrogens (tertiary/aromatic N) is 2. The summed E-state index contributed by atoms with van der Waals surface area (Å²) in [4.78, 5) is 13.2. The van der Waals surface area contributed by atoms with Gasteiger partial charge in [-0.15, -0.1) is 0 Å². The molecule has 4 nitrogen and oxygen atoms in total. The smallest absolute Gasteiger partial charge is 0.382 e. The fraction of sp³-hybridized carbons (Fsp3) is 0.471. The molecule has 3 atom stereocenters. The molecule has 1 saturated heterocycles. The van der Waals surface area contributed by atoms with Crippen LogP contribution in [0.25, 0.3) is 10.9 Å². The molecule has 1 aromatic carbocycles. The van der Waals surface area contributed by atoms with Crippen LogP contribution in [0.2, 0.25) is 5.02 Å². The second-order valence-electron chi connectivity index (χ2n) is 6.57. The molecule has 0 spiro atoms. The summed E-state index contributed by atoms with van der Waals surface area (Å²) in [7, 11) is 0. The molecule has 0 radical (unpaired) electrons. The van der Waals surface area contributed by atoms with Gasteiger partial charge in [0, 0.05) is 23.2 Å². The summed E-state index contributed by atoms with van der Waals surface area (Å²) in [5.74, 6) is 0. The molecule has 148 valence electrons. The van der Waals surface area contributed by atoms with Gasteiger partial charge < -0.3 is 10.0 Å². The third-order valence-electron chi connectivity index (χ3n) is 4.89. The van der Waals surface area contributed by atoms with Crippen LogP contribution >= 0.6 is 11.6 Å². The lowest BCUT2D eigenvalue weighted by Crippen LogP contribution is -2.48. The molecule has 1 aliphatic rings. The van der Waals surface area contributed by atoms with Gasteiger partial charge in [-0.2, -0.15) is 22.0 Å². The van der Waals surface area contributed by atoms with E-state index in [0.29, 0.717) is 12.1 Å². The lowest BCUT2D eigenvalue weighted by atomic mass is 10.1. The van der Waals surface area contributed by atoms with Crippen LogP contribution in [0.3, 0.4) is 0 Å². The Bertz CT molecular complexity index is 915. The van der Waals surface area contributed by atoms with Gasteiger partial charge in [0.2, 0.25) is 0 Å². The number of rotatable bonds is 3. The van der Waals surface area contributed by atoms with Crippen LogP contribution in [0.15, 0.2) is 29.1 Å². The number of aromatic nitrogens is 1. The molecule has 1 N–H and O–H groups in total. The lowest BCUT2D eigenvalue weighted by Gasteiger charge is -2.34. The number of aliphatic hydroxyl groups is 1. The Morgan fingerprint density at radius 1 is 1.22 bits per heavy atom. The minimum absolute atomic E-state index is 0.0754. The summed E-state index contributed by atoms with van der Waals surface area (Å²) < 4.78 is 65.7. The van der Waals surface area contributed by atoms with Crippen molar-refractivity contribution in [3.05, 3.63) is 39.6 Å². The van der Waals surface area contributed by atoms with E-state index in [9.17, 15) is 31.9 Å². The van der Waals surface area contributed by atoms with E-state index >= 15 is 0 Å². The van der Waals surface area contributed by atoms with Crippen molar-refractivity contribution in [2.24, 2.45) is 0 Å². The van der Waals surface area contributed by atoms with Crippen molar-refractivity contribution in [2.45, 2.75) is 50.7 Å². The van der Waals surface area contributed by atoms with Crippen molar-refractivity contribution in [1.82, 2.24) is 4.57 Å². The third kappa shape index (κ3) is 3.50. The Morgan fingerprint density at radius 3 is 2.48 bits per heavy atom. The van der Waals surface area contributed by atoms with E-state index in [1.165, 1.54) is 23.1 Å². The van der Waals surface area contributed by atoms with E-state index < -0.39 is 30.4 Å². The first-order valence-corrected chi connectivity index (χ1v) is 8.56. The minimum Gasteiger partial charge on any atom is -0.382 e. The highest BCUT2D eigenvalue weighted by Gasteiger charge is 2.48. The maximum Gasteiger partial charge on any atom is 0.416 e. The Hall–Kier alpha value is -1.87. The standard InChI is InChI=1S/C17H16ClF5N2O2/c1-8-2-4-13(15(27)17(21,22)23)24(8)9-3-5-12-10(6-9)11(18)7-14(26)25(12)16(19)20/h3,5-8,13,15-16,27H,2,4H2,1H3/t8?,13?,15-/m1/s1. The number of hydrogen-bond donors (Lipinski definition) is 1. The normalized spacial score (nSPS) is 22.0. The van der Waals surface area contributed by atoms with E-state index in [0.717, 1.165) is 6.07 Å². The summed E-state index contributed by atoms with van der Waals surface area (Å²) in [5.41, 5.74) is -0.789. The van der Waals surface area contributed by atoms with Gasteiger partial charge in [-0.25, -0.2) is 0 Å². The Kier molecular flexibility index (Phi) is 5.11. The van der Waals surface area contributed by atoms with Crippen LogP contribution in [0.4, 0.5) is 27.6 Å². The first-order chi connectivity index (χ1) is 12.5. The summed E-state index contributed by atoms with van der Waals surface area (Å²) in [6.45, 7) is -1.37. The number of halogens is 6. The first-order valence-electron chi connectivity index (χ1n) is 8.18. The van der Waals surface area contributed by atoms with Crippen molar-refractivity contribution in [1.29, 1.82) is 0 Å². The van der Waals surface area contributed by atoms with Crippen LogP contribution in [0, 0.1) is 0 Å². The second kappa shape index (κ2) is 6.94. The average molecular weight is 411 g/mol. The van der Waals surface area contributed by atoms with Crippen molar-refractivity contribution < 1.29 is 27.1 Å². The molecule has 2 unspecified atom stereocenters. The Labute approximate surface area is 155 Å². The van der Waals surface area contributed by atoms with Crippen LogP contribution in [-0.2, 0) is 0 Å². The van der Waals surface area contributed by atoms with Gasteiger partial charge >= 0.3 is 12.7 Å². The zero-order chi connectivity index (χ0) is 20.1. The fourth-order valence-electron chi connectivity index (χ4n) is 3.65. The highest BCUT2D eigenvalue weighted by Crippen LogP contribution is 2.38. The summed E-state index contributed by atoms with van der Waals surface area (Å²) >= 11 is 6.02. The number of hydrogen-bond acceptors (Lipinski definition) is 3. The highest BCUT2D eigenvalue weighted by atomic mass is 35.5. The van der Waals surface area contributed by atoms with E-state index in [1.807, 2.05) is 0 Å². The molecule has 2 aromatic rings. The summed E-state index contributed by atoms with van der Waals surface area (Å²) in [6.07, 6.45) is -6.76. The molecule has 10 heteroatoms. The Balaban J connectivity index is 2.12. The van der Waals surface area contributed by atoms with E-state index in [2.05, 4.69) is 0 Å². The Morgan fingerprint density at radius 2 is 1.89 bits per heavy atom. The van der Waals surface area contributed by atoms with Gasteiger partial charge in [0.05, 0.1) is 16.6 Å². The number of anilines is 1. The molecule has 0 saturated carbocycles. The highest BCUT2D eigenvalue weighted by molar-refractivity contribution is 6.35. The van der Waals surface area contributed by atoms with Gasteiger partial charge in [-0.1, -0.05) is 11.6 Å². The SMILES string of the molecule is CC1CCC([C@@H](O)C(F)(F)F)N1c1ccc2c(c1)c(Cl)cc(=O)n2C(F)F.